The van der Waals surface area contributed by atoms with Crippen LogP contribution in [-0.2, 0) is 10.0 Å². The quantitative estimate of drug-likeness (QED) is 0.779. The highest BCUT2D eigenvalue weighted by atomic mass is 79.9. The first-order chi connectivity index (χ1) is 9.77. The van der Waals surface area contributed by atoms with Gasteiger partial charge >= 0.3 is 0 Å². The molecule has 0 unspecified atom stereocenters. The van der Waals surface area contributed by atoms with Crippen molar-refractivity contribution in [3.05, 3.63) is 57.0 Å². The van der Waals surface area contributed by atoms with E-state index in [0.29, 0.717) is 10.2 Å². The topological polar surface area (TPSA) is 89.3 Å². The van der Waals surface area contributed by atoms with Crippen LogP contribution in [0.2, 0.25) is 0 Å². The van der Waals surface area contributed by atoms with Crippen molar-refractivity contribution in [2.45, 2.75) is 4.90 Å². The third kappa shape index (κ3) is 4.13. The highest BCUT2D eigenvalue weighted by Crippen LogP contribution is 2.22. The van der Waals surface area contributed by atoms with Crippen LogP contribution in [0.5, 0.6) is 0 Å². The minimum absolute atomic E-state index is 0.0133. The first-order valence-corrected chi connectivity index (χ1v) is 8.80. The smallest absolute Gasteiger partial charge is 0.257 e. The van der Waals surface area contributed by atoms with E-state index in [0.717, 1.165) is 4.47 Å². The summed E-state index contributed by atoms with van der Waals surface area (Å²) >= 11 is 6.45. The van der Waals surface area contributed by atoms with Gasteiger partial charge in [-0.25, -0.2) is 13.6 Å². The van der Waals surface area contributed by atoms with Crippen molar-refractivity contribution in [2.24, 2.45) is 5.14 Å². The summed E-state index contributed by atoms with van der Waals surface area (Å²) in [5.74, 6) is -0.551. The van der Waals surface area contributed by atoms with Crippen LogP contribution in [0.25, 0.3) is 0 Å². The number of hydrogen-bond acceptors (Lipinski definition) is 3. The molecule has 2 aromatic rings. The standard InChI is InChI=1S/C13H10Br2N2O3S/c14-8-2-1-3-10(6-8)17-13(18)11-5-4-9(15)7-12(11)21(16,19)20/h1-7H,(H,17,18)(H2,16,19,20). The second kappa shape index (κ2) is 6.27. The van der Waals surface area contributed by atoms with Crippen molar-refractivity contribution in [3.8, 4) is 0 Å². The highest BCUT2D eigenvalue weighted by molar-refractivity contribution is 9.10. The van der Waals surface area contributed by atoms with Gasteiger partial charge in [0.25, 0.3) is 5.91 Å². The van der Waals surface area contributed by atoms with Crippen molar-refractivity contribution in [1.82, 2.24) is 0 Å². The fourth-order valence-electron chi connectivity index (χ4n) is 1.68. The predicted octanol–water partition coefficient (Wildman–Crippen LogP) is 3.11. The molecule has 0 fully saturated rings. The first kappa shape index (κ1) is 16.2. The van der Waals surface area contributed by atoms with Crippen molar-refractivity contribution >= 4 is 53.5 Å². The number of hydrogen-bond donors (Lipinski definition) is 2. The number of benzene rings is 2. The minimum atomic E-state index is -4.00. The van der Waals surface area contributed by atoms with Crippen molar-refractivity contribution in [1.29, 1.82) is 0 Å². The van der Waals surface area contributed by atoms with Crippen LogP contribution in [0.15, 0.2) is 56.3 Å². The molecule has 3 N–H and O–H groups in total. The van der Waals surface area contributed by atoms with E-state index in [1.54, 1.807) is 24.3 Å². The Hall–Kier alpha value is -1.22. The zero-order chi connectivity index (χ0) is 15.6. The molecule has 21 heavy (non-hydrogen) atoms. The molecule has 0 atom stereocenters. The van der Waals surface area contributed by atoms with Crippen molar-refractivity contribution in [3.63, 3.8) is 0 Å². The molecule has 0 heterocycles. The molecule has 0 radical (unpaired) electrons. The van der Waals surface area contributed by atoms with Gasteiger partial charge in [-0.2, -0.15) is 0 Å². The molecule has 0 aliphatic rings. The number of anilines is 1. The molecular weight excluding hydrogens is 424 g/mol. The maximum absolute atomic E-state index is 12.2. The fourth-order valence-corrected chi connectivity index (χ4v) is 3.35. The number of carbonyl (C=O) groups is 1. The Balaban J connectivity index is 2.40. The van der Waals surface area contributed by atoms with Gasteiger partial charge in [0.05, 0.1) is 10.5 Å². The van der Waals surface area contributed by atoms with Crippen LogP contribution >= 0.6 is 31.9 Å². The largest absolute Gasteiger partial charge is 0.322 e. The van der Waals surface area contributed by atoms with Crippen LogP contribution in [0.4, 0.5) is 5.69 Å². The highest BCUT2D eigenvalue weighted by Gasteiger charge is 2.19. The average Bonchev–Trinajstić information content (AvgIpc) is 2.37. The van der Waals surface area contributed by atoms with E-state index in [4.69, 9.17) is 5.14 Å². The second-order valence-corrected chi connectivity index (χ2v) is 7.51. The molecular formula is C13H10Br2N2O3S. The molecule has 110 valence electrons. The van der Waals surface area contributed by atoms with Crippen molar-refractivity contribution < 1.29 is 13.2 Å². The Kier molecular flexibility index (Phi) is 4.82. The molecule has 0 saturated carbocycles. The van der Waals surface area contributed by atoms with Gasteiger partial charge in [0.1, 0.15) is 0 Å². The molecule has 0 aliphatic heterocycles. The molecule has 0 spiro atoms. The zero-order valence-corrected chi connectivity index (χ0v) is 14.5. The SMILES string of the molecule is NS(=O)(=O)c1cc(Br)ccc1C(=O)Nc1cccc(Br)c1. The summed E-state index contributed by atoms with van der Waals surface area (Å²) in [6.07, 6.45) is 0. The van der Waals surface area contributed by atoms with E-state index >= 15 is 0 Å². The maximum atomic E-state index is 12.2. The summed E-state index contributed by atoms with van der Waals surface area (Å²) < 4.78 is 24.5. The van der Waals surface area contributed by atoms with Crippen LogP contribution in [0.1, 0.15) is 10.4 Å². The number of halogens is 2. The van der Waals surface area contributed by atoms with Gasteiger partial charge in [-0.1, -0.05) is 37.9 Å². The normalized spacial score (nSPS) is 11.2. The Morgan fingerprint density at radius 3 is 2.33 bits per heavy atom. The summed E-state index contributed by atoms with van der Waals surface area (Å²) in [4.78, 5) is 12.0. The minimum Gasteiger partial charge on any atom is -0.322 e. The molecule has 2 rings (SSSR count). The predicted molar refractivity (Wildman–Crippen MR) is 87.6 cm³/mol. The molecule has 0 bridgehead atoms. The molecule has 0 aromatic heterocycles. The van der Waals surface area contributed by atoms with Gasteiger partial charge in [0.2, 0.25) is 10.0 Å². The summed E-state index contributed by atoms with van der Waals surface area (Å²) in [6, 6.07) is 11.2. The van der Waals surface area contributed by atoms with Crippen LogP contribution in [0, 0.1) is 0 Å². The summed E-state index contributed by atoms with van der Waals surface area (Å²) in [6.45, 7) is 0. The maximum Gasteiger partial charge on any atom is 0.257 e. The van der Waals surface area contributed by atoms with E-state index in [-0.39, 0.29) is 10.5 Å². The average molecular weight is 434 g/mol. The fraction of sp³-hybridized carbons (Fsp3) is 0. The Labute approximate surface area is 138 Å². The molecule has 0 aliphatic carbocycles. The lowest BCUT2D eigenvalue weighted by molar-refractivity contribution is 0.102. The number of nitrogens with one attached hydrogen (secondary N) is 1. The van der Waals surface area contributed by atoms with Gasteiger partial charge < -0.3 is 5.32 Å². The first-order valence-electron chi connectivity index (χ1n) is 5.66. The lowest BCUT2D eigenvalue weighted by Crippen LogP contribution is -2.20. The van der Waals surface area contributed by atoms with Crippen LogP contribution < -0.4 is 10.5 Å². The van der Waals surface area contributed by atoms with Crippen molar-refractivity contribution in [2.75, 3.05) is 5.32 Å². The van der Waals surface area contributed by atoms with Gasteiger partial charge in [-0.3, -0.25) is 4.79 Å². The number of nitrogens with two attached hydrogens (primary N) is 1. The number of sulfonamides is 1. The molecule has 0 saturated heterocycles. The molecule has 2 aromatic carbocycles. The van der Waals surface area contributed by atoms with E-state index in [1.807, 2.05) is 6.07 Å². The van der Waals surface area contributed by atoms with Gasteiger partial charge in [0.15, 0.2) is 0 Å². The third-order valence-corrected chi connectivity index (χ3v) is 4.51. The molecule has 8 heteroatoms. The lowest BCUT2D eigenvalue weighted by Gasteiger charge is -2.09. The number of rotatable bonds is 3. The molecule has 1 amide bonds. The van der Waals surface area contributed by atoms with E-state index in [9.17, 15) is 13.2 Å². The van der Waals surface area contributed by atoms with E-state index in [1.165, 1.54) is 12.1 Å². The van der Waals surface area contributed by atoms with E-state index < -0.39 is 15.9 Å². The Morgan fingerprint density at radius 2 is 1.71 bits per heavy atom. The summed E-state index contributed by atoms with van der Waals surface area (Å²) in [7, 11) is -4.00. The van der Waals surface area contributed by atoms with Gasteiger partial charge in [-0.05, 0) is 36.4 Å². The number of primary sulfonamides is 1. The van der Waals surface area contributed by atoms with E-state index in [2.05, 4.69) is 37.2 Å². The van der Waals surface area contributed by atoms with Gasteiger partial charge in [-0.15, -0.1) is 0 Å². The third-order valence-electron chi connectivity index (χ3n) is 2.58. The van der Waals surface area contributed by atoms with Crippen LogP contribution in [0.3, 0.4) is 0 Å². The Bertz CT molecular complexity index is 807. The molecule has 5 nitrogen and oxygen atoms in total. The van der Waals surface area contributed by atoms with Crippen LogP contribution in [-0.4, -0.2) is 14.3 Å². The second-order valence-electron chi connectivity index (χ2n) is 4.15. The lowest BCUT2D eigenvalue weighted by atomic mass is 10.2. The monoisotopic (exact) mass is 432 g/mol. The number of carbonyl (C=O) groups excluding carboxylic acids is 1. The summed E-state index contributed by atoms with van der Waals surface area (Å²) in [5.41, 5.74) is 0.526. The van der Waals surface area contributed by atoms with Gasteiger partial charge in [0, 0.05) is 14.6 Å². The summed E-state index contributed by atoms with van der Waals surface area (Å²) in [5, 5.41) is 7.77. The zero-order valence-electron chi connectivity index (χ0n) is 10.5. The Morgan fingerprint density at radius 1 is 1.05 bits per heavy atom. The number of amides is 1.